The van der Waals surface area contributed by atoms with Crippen molar-refractivity contribution < 1.29 is 9.53 Å². The molecule has 0 unspecified atom stereocenters. The molecule has 3 aromatic rings. The Balaban J connectivity index is 1.48. The topological polar surface area (TPSA) is 65.6 Å². The van der Waals surface area contributed by atoms with Crippen molar-refractivity contribution in [2.75, 3.05) is 0 Å². The zero-order valence-corrected chi connectivity index (χ0v) is 20.8. The molecule has 2 aromatic carbocycles. The molecule has 0 radical (unpaired) electrons. The first-order valence-electron chi connectivity index (χ1n) is 10.8. The van der Waals surface area contributed by atoms with Crippen LogP contribution in [-0.2, 0) is 11.8 Å². The lowest BCUT2D eigenvalue weighted by Gasteiger charge is -2.07. The number of hydrogen-bond donors (Lipinski definition) is 0. The predicted molar refractivity (Wildman–Crippen MR) is 136 cm³/mol. The molecule has 4 rings (SSSR count). The van der Waals surface area contributed by atoms with Crippen LogP contribution < -0.4 is 10.3 Å². The van der Waals surface area contributed by atoms with Crippen molar-refractivity contribution in [3.8, 4) is 11.4 Å². The maximum Gasteiger partial charge on any atom is 0.315 e. The Morgan fingerprint density at radius 1 is 1.09 bits per heavy atom. The van der Waals surface area contributed by atoms with Crippen LogP contribution in [-0.4, -0.2) is 21.5 Å². The molecule has 1 heterocycles. The van der Waals surface area contributed by atoms with E-state index in [9.17, 15) is 9.59 Å². The summed E-state index contributed by atoms with van der Waals surface area (Å²) in [6.45, 7) is 5.82. The van der Waals surface area contributed by atoms with Gasteiger partial charge in [-0.05, 0) is 66.3 Å². The Bertz CT molecular complexity index is 1330. The Labute approximate surface area is 208 Å². The highest BCUT2D eigenvalue weighted by atomic mass is 35.5. The first-order chi connectivity index (χ1) is 16.1. The van der Waals surface area contributed by atoms with E-state index in [0.29, 0.717) is 11.4 Å². The summed E-state index contributed by atoms with van der Waals surface area (Å²) in [5.41, 5.74) is 2.23. The summed E-state index contributed by atoms with van der Waals surface area (Å²) in [5, 5.41) is 0. The smallest absolute Gasteiger partial charge is 0.315 e. The molecule has 6 nitrogen and oxygen atoms in total. The van der Waals surface area contributed by atoms with Crippen LogP contribution in [0.4, 0.5) is 5.69 Å². The van der Waals surface area contributed by atoms with Gasteiger partial charge in [0.2, 0.25) is 0 Å². The summed E-state index contributed by atoms with van der Waals surface area (Å²) in [6, 6.07) is 16.4. The number of benzene rings is 2. The quantitative estimate of drug-likeness (QED) is 0.248. The number of carbonyl (C=O) groups is 1. The van der Waals surface area contributed by atoms with Gasteiger partial charge < -0.3 is 4.74 Å². The molecule has 0 bridgehead atoms. The number of rotatable bonds is 6. The molecule has 2 atom stereocenters. The van der Waals surface area contributed by atoms with E-state index in [2.05, 4.69) is 4.99 Å². The second kappa shape index (κ2) is 9.28. The Morgan fingerprint density at radius 3 is 2.35 bits per heavy atom. The fourth-order valence-electron chi connectivity index (χ4n) is 4.22. The third-order valence-electron chi connectivity index (χ3n) is 6.44. The molecule has 0 amide bonds. The summed E-state index contributed by atoms with van der Waals surface area (Å²) in [5.74, 6) is -0.227. The average molecular weight is 498 g/mol. The van der Waals surface area contributed by atoms with E-state index in [1.165, 1.54) is 0 Å². The minimum Gasteiger partial charge on any atom is -0.426 e. The Hall–Kier alpha value is -3.09. The van der Waals surface area contributed by atoms with Gasteiger partial charge in [-0.1, -0.05) is 55.2 Å². The van der Waals surface area contributed by atoms with Crippen LogP contribution in [0, 0.1) is 24.2 Å². The molecule has 1 aliphatic carbocycles. The molecule has 0 saturated heterocycles. The van der Waals surface area contributed by atoms with Gasteiger partial charge in [0.1, 0.15) is 10.2 Å². The van der Waals surface area contributed by atoms with Crippen molar-refractivity contribution in [2.45, 2.75) is 20.8 Å². The molecule has 0 spiro atoms. The fraction of sp³-hybridized carbons (Fsp3) is 0.269. The van der Waals surface area contributed by atoms with E-state index in [0.717, 1.165) is 16.9 Å². The average Bonchev–Trinajstić information content (AvgIpc) is 3.25. The number of para-hydroxylation sites is 1. The number of hydrogen-bond acceptors (Lipinski definition) is 4. The highest BCUT2D eigenvalue weighted by molar-refractivity contribution is 6.55. The zero-order valence-electron chi connectivity index (χ0n) is 19.3. The van der Waals surface area contributed by atoms with Gasteiger partial charge in [-0.3, -0.25) is 14.3 Å². The lowest BCUT2D eigenvalue weighted by Crippen LogP contribution is -2.19. The summed E-state index contributed by atoms with van der Waals surface area (Å²) in [4.78, 5) is 30.0. The number of carbonyl (C=O) groups excluding carboxylic acids is 1. The number of aliphatic imine (C=N–C) groups is 1. The van der Waals surface area contributed by atoms with Crippen LogP contribution in [0.25, 0.3) is 5.69 Å². The second-order valence-electron chi connectivity index (χ2n) is 8.94. The van der Waals surface area contributed by atoms with Gasteiger partial charge >= 0.3 is 5.97 Å². The summed E-state index contributed by atoms with van der Waals surface area (Å²) in [6.07, 6.45) is 3.31. The van der Waals surface area contributed by atoms with Gasteiger partial charge in [-0.2, -0.15) is 0 Å². The number of ether oxygens (including phenoxy) is 1. The van der Waals surface area contributed by atoms with E-state index in [1.807, 2.05) is 58.2 Å². The first kappa shape index (κ1) is 24.0. The maximum atomic E-state index is 13.0. The van der Waals surface area contributed by atoms with Crippen LogP contribution >= 0.6 is 23.2 Å². The fourth-order valence-corrected chi connectivity index (χ4v) is 4.49. The van der Waals surface area contributed by atoms with E-state index in [-0.39, 0.29) is 33.3 Å². The number of aromatic nitrogens is 2. The Kier molecular flexibility index (Phi) is 6.56. The summed E-state index contributed by atoms with van der Waals surface area (Å²) < 4.78 is 9.08. The zero-order chi connectivity index (χ0) is 24.6. The van der Waals surface area contributed by atoms with Gasteiger partial charge in [0.25, 0.3) is 5.56 Å². The number of allylic oxidation sites excluding steroid dienone is 1. The third kappa shape index (κ3) is 4.61. The molecule has 176 valence electrons. The van der Waals surface area contributed by atoms with Crippen LogP contribution in [0.1, 0.15) is 25.1 Å². The van der Waals surface area contributed by atoms with Crippen molar-refractivity contribution in [1.82, 2.24) is 9.36 Å². The number of esters is 1. The SMILES string of the molecule is Cc1c(N=Cc2ccc(OC(=O)[C@H]3[C@@H](C=C(Cl)Cl)C3(C)C)cc2)c(=O)n(-c2ccccc2)n1C. The van der Waals surface area contributed by atoms with Crippen LogP contribution in [0.3, 0.4) is 0 Å². The molecule has 1 aliphatic rings. The molecule has 1 aromatic heterocycles. The van der Waals surface area contributed by atoms with E-state index in [4.69, 9.17) is 27.9 Å². The highest BCUT2D eigenvalue weighted by Gasteiger charge is 2.61. The van der Waals surface area contributed by atoms with E-state index < -0.39 is 0 Å². The van der Waals surface area contributed by atoms with E-state index >= 15 is 0 Å². The maximum absolute atomic E-state index is 13.0. The van der Waals surface area contributed by atoms with Crippen molar-refractivity contribution >= 4 is 41.1 Å². The molecule has 8 heteroatoms. The molecule has 1 fully saturated rings. The van der Waals surface area contributed by atoms with Crippen molar-refractivity contribution in [3.05, 3.63) is 86.8 Å². The Morgan fingerprint density at radius 2 is 1.74 bits per heavy atom. The lowest BCUT2D eigenvalue weighted by atomic mass is 10.1. The largest absolute Gasteiger partial charge is 0.426 e. The molecule has 0 aliphatic heterocycles. The summed E-state index contributed by atoms with van der Waals surface area (Å²) in [7, 11) is 1.83. The minimum absolute atomic E-state index is 0.0505. The van der Waals surface area contributed by atoms with Gasteiger partial charge in [0.15, 0.2) is 5.69 Å². The van der Waals surface area contributed by atoms with Gasteiger partial charge in [-0.25, -0.2) is 9.67 Å². The number of halogens is 2. The molecule has 1 saturated carbocycles. The minimum atomic E-state index is -0.316. The predicted octanol–water partition coefficient (Wildman–Crippen LogP) is 5.73. The lowest BCUT2D eigenvalue weighted by molar-refractivity contribution is -0.136. The van der Waals surface area contributed by atoms with E-state index in [1.54, 1.807) is 45.9 Å². The molecular weight excluding hydrogens is 473 g/mol. The van der Waals surface area contributed by atoms with Crippen molar-refractivity contribution in [2.24, 2.45) is 29.3 Å². The standard InChI is InChI=1S/C26H25Cl2N3O3/c1-16-23(24(32)31(30(16)4)18-8-6-5-7-9-18)29-15-17-10-12-19(13-11-17)34-25(33)22-20(14-21(27)28)26(22,2)3/h5-15,20,22H,1-4H3/t20-,22-/m1/s1. The van der Waals surface area contributed by atoms with Crippen LogP contribution in [0.2, 0.25) is 0 Å². The highest BCUT2D eigenvalue weighted by Crippen LogP contribution is 2.60. The number of nitrogens with zero attached hydrogens (tertiary/aromatic N) is 3. The monoisotopic (exact) mass is 497 g/mol. The van der Waals surface area contributed by atoms with Crippen molar-refractivity contribution in [1.29, 1.82) is 0 Å². The molecule has 0 N–H and O–H groups in total. The van der Waals surface area contributed by atoms with Gasteiger partial charge in [0.05, 0.1) is 17.3 Å². The van der Waals surface area contributed by atoms with Crippen LogP contribution in [0.15, 0.2) is 75.0 Å². The van der Waals surface area contributed by atoms with Gasteiger partial charge in [0, 0.05) is 13.3 Å². The van der Waals surface area contributed by atoms with Crippen LogP contribution in [0.5, 0.6) is 5.75 Å². The van der Waals surface area contributed by atoms with Gasteiger partial charge in [-0.15, -0.1) is 0 Å². The normalized spacial score (nSPS) is 18.6. The van der Waals surface area contributed by atoms with Crippen molar-refractivity contribution in [3.63, 3.8) is 0 Å². The third-order valence-corrected chi connectivity index (χ3v) is 6.69. The summed E-state index contributed by atoms with van der Waals surface area (Å²) >= 11 is 11.5. The first-order valence-corrected chi connectivity index (χ1v) is 11.6. The molecular formula is C26H25Cl2N3O3. The molecule has 34 heavy (non-hydrogen) atoms. The second-order valence-corrected chi connectivity index (χ2v) is 9.95.